The number of rotatable bonds is 6. The lowest BCUT2D eigenvalue weighted by molar-refractivity contribution is 0.0591. The van der Waals surface area contributed by atoms with Crippen molar-refractivity contribution in [1.29, 1.82) is 5.26 Å². The van der Waals surface area contributed by atoms with E-state index >= 15 is 0 Å². The van der Waals surface area contributed by atoms with Crippen molar-refractivity contribution in [2.24, 2.45) is 0 Å². The van der Waals surface area contributed by atoms with Crippen LogP contribution in [0.15, 0.2) is 72.8 Å². The second-order valence-corrected chi connectivity index (χ2v) is 9.64. The summed E-state index contributed by atoms with van der Waals surface area (Å²) < 4.78 is 39.8. The van der Waals surface area contributed by atoms with Gasteiger partial charge in [0.2, 0.25) is 0 Å². The molecule has 0 bridgehead atoms. The van der Waals surface area contributed by atoms with E-state index < -0.39 is 17.7 Å². The van der Waals surface area contributed by atoms with Crippen molar-refractivity contribution in [3.8, 4) is 28.8 Å². The number of likely N-dealkylation sites (tertiary alicyclic amines) is 1. The Morgan fingerprint density at radius 3 is 2.55 bits per heavy atom. The Kier molecular flexibility index (Phi) is 7.64. The maximum Gasteiger partial charge on any atom is 0.410 e. The largest absolute Gasteiger partial charge is 0.454 e. The Hall–Kier alpha value is -4.91. The van der Waals surface area contributed by atoms with E-state index in [-0.39, 0.29) is 35.8 Å². The fourth-order valence-corrected chi connectivity index (χ4v) is 4.75. The van der Waals surface area contributed by atoms with E-state index in [4.69, 9.17) is 15.2 Å². The van der Waals surface area contributed by atoms with Gasteiger partial charge < -0.3 is 20.1 Å². The van der Waals surface area contributed by atoms with Gasteiger partial charge in [0.25, 0.3) is 0 Å². The number of nitriles is 1. The number of anilines is 1. The lowest BCUT2D eigenvalue weighted by Gasteiger charge is -2.37. The monoisotopic (exact) mass is 543 g/mol. The standard InChI is InChI=1S/C30H27F2N5O3/c1-19-7-11-23(17-36(19)30(38)39-18-20-5-3-2-4-6-20)37-29(34)25(16-33)28(35-37)21-8-12-24(13-9-21)40-27-14-10-22(31)15-26(27)32/h2-6,8-10,12-15,19,23H,7,11,17-18,34H2,1H3/t19-,23+/m0/s1. The molecular weight excluding hydrogens is 516 g/mol. The highest BCUT2D eigenvalue weighted by Crippen LogP contribution is 2.34. The number of halogens is 2. The molecule has 1 aromatic heterocycles. The number of carbonyl (C=O) groups excluding carboxylic acids is 1. The van der Waals surface area contributed by atoms with Gasteiger partial charge in [0.15, 0.2) is 11.6 Å². The molecule has 40 heavy (non-hydrogen) atoms. The molecule has 5 rings (SSSR count). The zero-order valence-electron chi connectivity index (χ0n) is 21.8. The van der Waals surface area contributed by atoms with E-state index in [1.807, 2.05) is 37.3 Å². The second kappa shape index (κ2) is 11.5. The lowest BCUT2D eigenvalue weighted by Crippen LogP contribution is -2.46. The normalized spacial score (nSPS) is 16.8. The highest BCUT2D eigenvalue weighted by atomic mass is 19.1. The summed E-state index contributed by atoms with van der Waals surface area (Å²) in [6.07, 6.45) is 1.02. The van der Waals surface area contributed by atoms with Crippen molar-refractivity contribution in [2.75, 3.05) is 12.3 Å². The molecule has 1 aliphatic rings. The molecule has 1 amide bonds. The van der Waals surface area contributed by atoms with Gasteiger partial charge in [-0.25, -0.2) is 18.3 Å². The fraction of sp³-hybridized carbons (Fsp3) is 0.233. The number of amides is 1. The molecule has 2 heterocycles. The van der Waals surface area contributed by atoms with Gasteiger partial charge in [-0.3, -0.25) is 0 Å². The summed E-state index contributed by atoms with van der Waals surface area (Å²) in [5.74, 6) is -1.09. The minimum Gasteiger partial charge on any atom is -0.454 e. The summed E-state index contributed by atoms with van der Waals surface area (Å²) in [5.41, 5.74) is 8.49. The molecule has 1 saturated heterocycles. The number of nitrogen functional groups attached to an aromatic ring is 1. The molecule has 0 radical (unpaired) electrons. The van der Waals surface area contributed by atoms with Crippen LogP contribution in [-0.2, 0) is 11.3 Å². The summed E-state index contributed by atoms with van der Waals surface area (Å²) in [7, 11) is 0. The highest BCUT2D eigenvalue weighted by molar-refractivity contribution is 5.73. The Labute approximate surface area is 230 Å². The number of nitrogens with two attached hydrogens (primary N) is 1. The Balaban J connectivity index is 1.33. The van der Waals surface area contributed by atoms with Gasteiger partial charge in [-0.2, -0.15) is 10.4 Å². The topological polar surface area (TPSA) is 106 Å². The minimum absolute atomic E-state index is 0.0234. The molecule has 8 nitrogen and oxygen atoms in total. The van der Waals surface area contributed by atoms with Crippen molar-refractivity contribution in [3.63, 3.8) is 0 Å². The highest BCUT2D eigenvalue weighted by Gasteiger charge is 2.33. The lowest BCUT2D eigenvalue weighted by atomic mass is 10.00. The Bertz CT molecular complexity index is 1550. The van der Waals surface area contributed by atoms with Crippen molar-refractivity contribution in [2.45, 2.75) is 38.5 Å². The molecule has 1 fully saturated rings. The number of hydrogen-bond donors (Lipinski definition) is 1. The second-order valence-electron chi connectivity index (χ2n) is 9.64. The minimum atomic E-state index is -0.817. The maximum absolute atomic E-state index is 14.0. The van der Waals surface area contributed by atoms with Crippen LogP contribution in [0.2, 0.25) is 0 Å². The van der Waals surface area contributed by atoms with Gasteiger partial charge >= 0.3 is 6.09 Å². The van der Waals surface area contributed by atoms with Gasteiger partial charge in [-0.1, -0.05) is 30.3 Å². The SMILES string of the molecule is C[C@H]1CC[C@@H](n2nc(-c3ccc(Oc4ccc(F)cc4F)cc3)c(C#N)c2N)CN1C(=O)OCc1ccccc1. The average molecular weight is 544 g/mol. The maximum atomic E-state index is 14.0. The van der Waals surface area contributed by atoms with Gasteiger partial charge in [0.1, 0.15) is 41.3 Å². The molecule has 4 aromatic rings. The van der Waals surface area contributed by atoms with Gasteiger partial charge in [0.05, 0.1) is 6.04 Å². The van der Waals surface area contributed by atoms with Crippen molar-refractivity contribution < 1.29 is 23.0 Å². The molecule has 0 saturated carbocycles. The summed E-state index contributed by atoms with van der Waals surface area (Å²) >= 11 is 0. The zero-order chi connectivity index (χ0) is 28.2. The first-order valence-electron chi connectivity index (χ1n) is 12.8. The van der Waals surface area contributed by atoms with Crippen LogP contribution in [0.25, 0.3) is 11.3 Å². The third-order valence-electron chi connectivity index (χ3n) is 6.95. The number of hydrogen-bond acceptors (Lipinski definition) is 6. The molecule has 10 heteroatoms. The number of benzene rings is 3. The Morgan fingerprint density at radius 1 is 1.10 bits per heavy atom. The van der Waals surface area contributed by atoms with Crippen LogP contribution in [0.1, 0.15) is 36.9 Å². The van der Waals surface area contributed by atoms with Gasteiger partial charge in [-0.15, -0.1) is 0 Å². The smallest absolute Gasteiger partial charge is 0.410 e. The zero-order valence-corrected chi connectivity index (χ0v) is 21.8. The van der Waals surface area contributed by atoms with Crippen LogP contribution in [0.5, 0.6) is 11.5 Å². The van der Waals surface area contributed by atoms with E-state index in [1.165, 1.54) is 6.07 Å². The van der Waals surface area contributed by atoms with E-state index in [1.54, 1.807) is 33.8 Å². The number of piperidine rings is 1. The van der Waals surface area contributed by atoms with Crippen LogP contribution < -0.4 is 10.5 Å². The number of carbonyl (C=O) groups is 1. The summed E-state index contributed by atoms with van der Waals surface area (Å²) in [6.45, 7) is 2.48. The third-order valence-corrected chi connectivity index (χ3v) is 6.95. The van der Waals surface area contributed by atoms with Crippen molar-refractivity contribution in [1.82, 2.24) is 14.7 Å². The number of aromatic nitrogens is 2. The first-order chi connectivity index (χ1) is 19.3. The molecule has 1 aliphatic heterocycles. The quantitative estimate of drug-likeness (QED) is 0.300. The average Bonchev–Trinajstić information content (AvgIpc) is 3.30. The van der Waals surface area contributed by atoms with Crippen molar-refractivity contribution >= 4 is 11.9 Å². The van der Waals surface area contributed by atoms with Gasteiger partial charge in [0, 0.05) is 24.2 Å². The molecule has 3 aromatic carbocycles. The summed E-state index contributed by atoms with van der Waals surface area (Å²) in [5, 5.41) is 14.5. The van der Waals surface area contributed by atoms with Crippen molar-refractivity contribution in [3.05, 3.63) is 95.6 Å². The van der Waals surface area contributed by atoms with E-state index in [0.717, 1.165) is 24.1 Å². The fourth-order valence-electron chi connectivity index (χ4n) is 4.75. The molecule has 2 atom stereocenters. The third kappa shape index (κ3) is 5.59. The van der Waals surface area contributed by atoms with Gasteiger partial charge in [-0.05, 0) is 61.7 Å². The van der Waals surface area contributed by atoms with Crippen LogP contribution in [0.3, 0.4) is 0 Å². The first kappa shape index (κ1) is 26.7. The van der Waals surface area contributed by atoms with E-state index in [0.29, 0.717) is 30.0 Å². The molecule has 204 valence electrons. The molecular formula is C30H27F2N5O3. The first-order valence-corrected chi connectivity index (χ1v) is 12.8. The van der Waals surface area contributed by atoms with Crippen LogP contribution in [0.4, 0.5) is 19.4 Å². The molecule has 2 N–H and O–H groups in total. The summed E-state index contributed by atoms with van der Waals surface area (Å²) in [4.78, 5) is 14.6. The summed E-state index contributed by atoms with van der Waals surface area (Å²) in [6, 6.07) is 21.0. The molecule has 0 spiro atoms. The van der Waals surface area contributed by atoms with E-state index in [9.17, 15) is 18.8 Å². The Morgan fingerprint density at radius 2 is 1.85 bits per heavy atom. The predicted octanol–water partition coefficient (Wildman–Crippen LogP) is 6.44. The molecule has 0 aliphatic carbocycles. The predicted molar refractivity (Wildman–Crippen MR) is 144 cm³/mol. The van der Waals surface area contributed by atoms with Crippen LogP contribution in [0, 0.1) is 23.0 Å². The van der Waals surface area contributed by atoms with Crippen LogP contribution in [-0.4, -0.2) is 33.4 Å². The molecule has 0 unspecified atom stereocenters. The van der Waals surface area contributed by atoms with E-state index in [2.05, 4.69) is 11.2 Å². The number of nitrogens with zero attached hydrogens (tertiary/aromatic N) is 4. The van der Waals surface area contributed by atoms with Crippen LogP contribution >= 0.6 is 0 Å². The number of ether oxygens (including phenoxy) is 2.